The zero-order valence-electron chi connectivity index (χ0n) is 16.7. The van der Waals surface area contributed by atoms with Gasteiger partial charge in [-0.1, -0.05) is 41.6 Å². The standard InChI is InChI=1S/C23H21ClN4OS/c1-15-8-16(2)10-19(9-15)26-22(29)13-28-21-12-25-7-6-20(21)27-23(28)30-14-17-4-3-5-18(24)11-17/h3-12H,13-14H2,1-2H3,(H,26,29). The number of pyridine rings is 1. The molecule has 0 aliphatic heterocycles. The zero-order valence-corrected chi connectivity index (χ0v) is 18.3. The van der Waals surface area contributed by atoms with Gasteiger partial charge in [-0.05, 0) is 60.9 Å². The molecule has 0 spiro atoms. The molecule has 0 bridgehead atoms. The number of aromatic nitrogens is 3. The summed E-state index contributed by atoms with van der Waals surface area (Å²) in [6.07, 6.45) is 3.45. The van der Waals surface area contributed by atoms with Gasteiger partial charge in [-0.25, -0.2) is 4.98 Å². The molecule has 0 aliphatic rings. The lowest BCUT2D eigenvalue weighted by molar-refractivity contribution is -0.116. The first kappa shape index (κ1) is 20.4. The lowest BCUT2D eigenvalue weighted by Crippen LogP contribution is -2.19. The number of hydrogen-bond acceptors (Lipinski definition) is 4. The lowest BCUT2D eigenvalue weighted by Gasteiger charge is -2.11. The minimum absolute atomic E-state index is 0.104. The first-order valence-corrected chi connectivity index (χ1v) is 10.9. The number of fused-ring (bicyclic) bond motifs is 1. The second-order valence-corrected chi connectivity index (χ2v) is 8.57. The van der Waals surface area contributed by atoms with Crippen molar-refractivity contribution in [1.29, 1.82) is 0 Å². The van der Waals surface area contributed by atoms with E-state index in [9.17, 15) is 4.79 Å². The highest BCUT2D eigenvalue weighted by Crippen LogP contribution is 2.27. The second-order valence-electron chi connectivity index (χ2n) is 7.19. The maximum Gasteiger partial charge on any atom is 0.244 e. The molecule has 7 heteroatoms. The summed E-state index contributed by atoms with van der Waals surface area (Å²) in [6, 6.07) is 15.6. The Hall–Kier alpha value is -2.83. The fourth-order valence-electron chi connectivity index (χ4n) is 3.38. The van der Waals surface area contributed by atoms with Crippen molar-refractivity contribution < 1.29 is 4.79 Å². The molecule has 0 saturated heterocycles. The Morgan fingerprint density at radius 3 is 2.70 bits per heavy atom. The quantitative estimate of drug-likeness (QED) is 0.398. The molecule has 2 aromatic carbocycles. The summed E-state index contributed by atoms with van der Waals surface area (Å²) in [5, 5.41) is 4.48. The number of imidazole rings is 1. The van der Waals surface area contributed by atoms with Crippen LogP contribution in [0, 0.1) is 13.8 Å². The Balaban J connectivity index is 1.57. The Kier molecular flexibility index (Phi) is 6.06. The lowest BCUT2D eigenvalue weighted by atomic mass is 10.1. The summed E-state index contributed by atoms with van der Waals surface area (Å²) < 4.78 is 1.91. The van der Waals surface area contributed by atoms with E-state index in [4.69, 9.17) is 16.6 Å². The maximum atomic E-state index is 12.8. The van der Waals surface area contributed by atoms with Gasteiger partial charge in [0.15, 0.2) is 5.16 Å². The van der Waals surface area contributed by atoms with Crippen molar-refractivity contribution in [3.8, 4) is 0 Å². The highest BCUT2D eigenvalue weighted by atomic mass is 35.5. The molecule has 0 radical (unpaired) electrons. The van der Waals surface area contributed by atoms with Gasteiger partial charge in [0.25, 0.3) is 0 Å². The van der Waals surface area contributed by atoms with Crippen LogP contribution in [0.25, 0.3) is 11.0 Å². The van der Waals surface area contributed by atoms with Crippen molar-refractivity contribution in [3.05, 3.63) is 82.6 Å². The number of nitrogens with one attached hydrogen (secondary N) is 1. The summed E-state index contributed by atoms with van der Waals surface area (Å²) in [7, 11) is 0. The number of aryl methyl sites for hydroxylation is 2. The maximum absolute atomic E-state index is 12.8. The van der Waals surface area contributed by atoms with E-state index >= 15 is 0 Å². The Bertz CT molecular complexity index is 1200. The van der Waals surface area contributed by atoms with Gasteiger partial charge in [0.2, 0.25) is 5.91 Å². The zero-order chi connectivity index (χ0) is 21.1. The van der Waals surface area contributed by atoms with Gasteiger partial charge in [-0.3, -0.25) is 9.78 Å². The van der Waals surface area contributed by atoms with Gasteiger partial charge in [0.05, 0.1) is 17.2 Å². The molecular formula is C23H21ClN4OS. The number of anilines is 1. The number of thioether (sulfide) groups is 1. The van der Waals surface area contributed by atoms with Gasteiger partial charge < -0.3 is 9.88 Å². The summed E-state index contributed by atoms with van der Waals surface area (Å²) in [6.45, 7) is 4.19. The molecule has 4 aromatic rings. The first-order chi connectivity index (χ1) is 14.5. The third-order valence-electron chi connectivity index (χ3n) is 4.58. The molecule has 152 valence electrons. The smallest absolute Gasteiger partial charge is 0.244 e. The molecule has 30 heavy (non-hydrogen) atoms. The van der Waals surface area contributed by atoms with Crippen molar-refractivity contribution in [2.75, 3.05) is 5.32 Å². The average molecular weight is 437 g/mol. The van der Waals surface area contributed by atoms with Crippen LogP contribution in [0.2, 0.25) is 5.02 Å². The van der Waals surface area contributed by atoms with E-state index in [0.717, 1.165) is 38.6 Å². The van der Waals surface area contributed by atoms with Crippen LogP contribution in [-0.4, -0.2) is 20.4 Å². The molecule has 0 unspecified atom stereocenters. The Morgan fingerprint density at radius 2 is 1.93 bits per heavy atom. The third kappa shape index (κ3) is 4.83. The molecule has 5 nitrogen and oxygen atoms in total. The number of carbonyl (C=O) groups is 1. The normalized spacial score (nSPS) is 11.0. The van der Waals surface area contributed by atoms with Gasteiger partial charge in [0.1, 0.15) is 6.54 Å². The molecule has 0 fully saturated rings. The van der Waals surface area contributed by atoms with Gasteiger partial charge >= 0.3 is 0 Å². The van der Waals surface area contributed by atoms with Crippen LogP contribution in [-0.2, 0) is 17.1 Å². The number of nitrogens with zero attached hydrogens (tertiary/aromatic N) is 3. The van der Waals surface area contributed by atoms with Gasteiger partial charge in [0, 0.05) is 22.7 Å². The highest BCUT2D eigenvalue weighted by molar-refractivity contribution is 7.98. The molecule has 1 amide bonds. The SMILES string of the molecule is Cc1cc(C)cc(NC(=O)Cn2c(SCc3cccc(Cl)c3)nc3ccncc32)c1. The first-order valence-electron chi connectivity index (χ1n) is 9.53. The molecule has 0 saturated carbocycles. The number of halogens is 1. The fraction of sp³-hybridized carbons (Fsp3) is 0.174. The minimum atomic E-state index is -0.104. The molecule has 1 N–H and O–H groups in total. The fourth-order valence-corrected chi connectivity index (χ4v) is 4.55. The van der Waals surface area contributed by atoms with Crippen LogP contribution >= 0.6 is 23.4 Å². The van der Waals surface area contributed by atoms with Crippen LogP contribution < -0.4 is 5.32 Å². The molecular weight excluding hydrogens is 416 g/mol. The monoisotopic (exact) mass is 436 g/mol. The number of amides is 1. The van der Waals surface area contributed by atoms with Crippen molar-refractivity contribution in [2.24, 2.45) is 0 Å². The van der Waals surface area contributed by atoms with Gasteiger partial charge in [-0.2, -0.15) is 0 Å². The number of carbonyl (C=O) groups excluding carboxylic acids is 1. The van der Waals surface area contributed by atoms with E-state index in [0.29, 0.717) is 10.8 Å². The van der Waals surface area contributed by atoms with Crippen molar-refractivity contribution >= 4 is 46.0 Å². The van der Waals surface area contributed by atoms with E-state index in [2.05, 4.69) is 16.4 Å². The van der Waals surface area contributed by atoms with Crippen LogP contribution in [0.1, 0.15) is 16.7 Å². The minimum Gasteiger partial charge on any atom is -0.325 e. The van der Waals surface area contributed by atoms with E-state index < -0.39 is 0 Å². The predicted octanol–water partition coefficient (Wildman–Crippen LogP) is 5.63. The Morgan fingerprint density at radius 1 is 1.13 bits per heavy atom. The summed E-state index contributed by atoms with van der Waals surface area (Å²) in [4.78, 5) is 21.7. The Labute approximate surface area is 184 Å². The summed E-state index contributed by atoms with van der Waals surface area (Å²) in [5.41, 5.74) is 5.78. The predicted molar refractivity (Wildman–Crippen MR) is 123 cm³/mol. The molecule has 0 aliphatic carbocycles. The van der Waals surface area contributed by atoms with E-state index in [1.807, 2.05) is 60.9 Å². The highest BCUT2D eigenvalue weighted by Gasteiger charge is 2.15. The van der Waals surface area contributed by atoms with Crippen molar-refractivity contribution in [3.63, 3.8) is 0 Å². The van der Waals surface area contributed by atoms with Crippen LogP contribution in [0.15, 0.2) is 66.1 Å². The largest absolute Gasteiger partial charge is 0.325 e. The van der Waals surface area contributed by atoms with Crippen LogP contribution in [0.5, 0.6) is 0 Å². The van der Waals surface area contributed by atoms with E-state index in [1.54, 1.807) is 24.2 Å². The summed E-state index contributed by atoms with van der Waals surface area (Å²) in [5.74, 6) is 0.600. The number of rotatable bonds is 6. The van der Waals surface area contributed by atoms with Crippen LogP contribution in [0.4, 0.5) is 5.69 Å². The van der Waals surface area contributed by atoms with Gasteiger partial charge in [-0.15, -0.1) is 0 Å². The van der Waals surface area contributed by atoms with Crippen molar-refractivity contribution in [1.82, 2.24) is 14.5 Å². The number of benzene rings is 2. The number of hydrogen-bond donors (Lipinski definition) is 1. The molecule has 4 rings (SSSR count). The molecule has 2 aromatic heterocycles. The molecule has 2 heterocycles. The van der Waals surface area contributed by atoms with E-state index in [1.165, 1.54) is 0 Å². The van der Waals surface area contributed by atoms with Crippen LogP contribution in [0.3, 0.4) is 0 Å². The van der Waals surface area contributed by atoms with Crippen molar-refractivity contribution in [2.45, 2.75) is 31.3 Å². The third-order valence-corrected chi connectivity index (χ3v) is 5.86. The topological polar surface area (TPSA) is 59.8 Å². The average Bonchev–Trinajstić information content (AvgIpc) is 3.03. The van der Waals surface area contributed by atoms with E-state index in [-0.39, 0.29) is 12.5 Å². The second kappa shape index (κ2) is 8.90. The molecule has 0 atom stereocenters. The summed E-state index contributed by atoms with van der Waals surface area (Å²) >= 11 is 7.67.